The minimum Gasteiger partial charge on any atom is -0.492 e. The number of nitrogens with two attached hydrogens (primary N) is 1. The summed E-state index contributed by atoms with van der Waals surface area (Å²) in [5.41, 5.74) is 0.622. The van der Waals surface area contributed by atoms with Gasteiger partial charge < -0.3 is 20.3 Å². The second-order valence-corrected chi connectivity index (χ2v) is 6.64. The molecular formula is C17H19N5O3S. The lowest BCUT2D eigenvalue weighted by Gasteiger charge is -2.14. The average molecular weight is 373 g/mol. The number of carbonyl (C=O) groups is 1. The van der Waals surface area contributed by atoms with Gasteiger partial charge in [0.25, 0.3) is 0 Å². The largest absolute Gasteiger partial charge is 0.492 e. The maximum atomic E-state index is 12.5. The number of para-hydroxylation sites is 2. The van der Waals surface area contributed by atoms with Crippen LogP contribution < -0.4 is 15.9 Å². The molecule has 1 amide bonds. The van der Waals surface area contributed by atoms with E-state index in [1.807, 2.05) is 25.1 Å². The van der Waals surface area contributed by atoms with Crippen molar-refractivity contribution in [3.8, 4) is 17.3 Å². The van der Waals surface area contributed by atoms with Crippen molar-refractivity contribution in [1.82, 2.24) is 14.9 Å². The van der Waals surface area contributed by atoms with Gasteiger partial charge in [0.05, 0.1) is 23.8 Å². The van der Waals surface area contributed by atoms with Crippen molar-refractivity contribution < 1.29 is 13.9 Å². The molecule has 3 rings (SSSR count). The number of furan rings is 1. The van der Waals surface area contributed by atoms with Crippen LogP contribution in [0.15, 0.2) is 52.2 Å². The number of aromatic nitrogens is 3. The maximum Gasteiger partial charge on any atom is 0.237 e. The summed E-state index contributed by atoms with van der Waals surface area (Å²) in [6.45, 7) is 4.18. The fourth-order valence-electron chi connectivity index (χ4n) is 2.23. The summed E-state index contributed by atoms with van der Waals surface area (Å²) in [6.07, 6.45) is 1.53. The molecule has 0 spiro atoms. The molecule has 0 aliphatic rings. The van der Waals surface area contributed by atoms with Crippen LogP contribution in [0, 0.1) is 0 Å². The quantitative estimate of drug-likeness (QED) is 0.484. The van der Waals surface area contributed by atoms with E-state index in [0.29, 0.717) is 34.8 Å². The highest BCUT2D eigenvalue weighted by atomic mass is 32.2. The molecule has 0 saturated carbocycles. The van der Waals surface area contributed by atoms with Crippen LogP contribution in [0.25, 0.3) is 11.6 Å². The zero-order chi connectivity index (χ0) is 18.5. The summed E-state index contributed by atoms with van der Waals surface area (Å²) in [5.74, 6) is 7.36. The first kappa shape index (κ1) is 17.9. The van der Waals surface area contributed by atoms with E-state index in [2.05, 4.69) is 15.5 Å². The van der Waals surface area contributed by atoms with Gasteiger partial charge in [0.15, 0.2) is 5.76 Å². The number of nitrogens with zero attached hydrogens (tertiary/aromatic N) is 3. The highest BCUT2D eigenvalue weighted by Crippen LogP contribution is 2.28. The molecule has 0 aliphatic carbocycles. The molecule has 0 aliphatic heterocycles. The topological polar surface area (TPSA) is 108 Å². The molecule has 1 aromatic carbocycles. The van der Waals surface area contributed by atoms with Gasteiger partial charge in [-0.15, -0.1) is 10.2 Å². The van der Waals surface area contributed by atoms with Crippen molar-refractivity contribution in [1.29, 1.82) is 0 Å². The van der Waals surface area contributed by atoms with E-state index < -0.39 is 5.25 Å². The van der Waals surface area contributed by atoms with Gasteiger partial charge in [-0.25, -0.2) is 4.68 Å². The monoisotopic (exact) mass is 373 g/mol. The Bertz CT molecular complexity index is 878. The SMILES string of the molecule is CCOc1ccccc1NC(=O)[C@H](C)Sc1nnc(-c2ccco2)n1N. The molecule has 136 valence electrons. The summed E-state index contributed by atoms with van der Waals surface area (Å²) in [7, 11) is 0. The Hall–Kier alpha value is -2.94. The van der Waals surface area contributed by atoms with Gasteiger partial charge in [-0.05, 0) is 38.1 Å². The van der Waals surface area contributed by atoms with Gasteiger partial charge in [-0.1, -0.05) is 23.9 Å². The van der Waals surface area contributed by atoms with Gasteiger partial charge >= 0.3 is 0 Å². The Morgan fingerprint density at radius 2 is 2.15 bits per heavy atom. The highest BCUT2D eigenvalue weighted by molar-refractivity contribution is 8.00. The number of rotatable bonds is 7. The Balaban J connectivity index is 1.69. The molecule has 0 unspecified atom stereocenters. The number of amides is 1. The van der Waals surface area contributed by atoms with E-state index in [0.717, 1.165) is 0 Å². The molecule has 0 radical (unpaired) electrons. The highest BCUT2D eigenvalue weighted by Gasteiger charge is 2.21. The summed E-state index contributed by atoms with van der Waals surface area (Å²) in [5, 5.41) is 10.9. The molecule has 3 aromatic rings. The Morgan fingerprint density at radius 3 is 2.88 bits per heavy atom. The lowest BCUT2D eigenvalue weighted by molar-refractivity contribution is -0.115. The number of anilines is 1. The third-order valence-electron chi connectivity index (χ3n) is 3.50. The molecule has 2 aromatic heterocycles. The van der Waals surface area contributed by atoms with Crippen LogP contribution in [0.5, 0.6) is 5.75 Å². The first-order chi connectivity index (χ1) is 12.6. The van der Waals surface area contributed by atoms with Crippen molar-refractivity contribution in [3.63, 3.8) is 0 Å². The molecule has 2 heterocycles. The van der Waals surface area contributed by atoms with Crippen molar-refractivity contribution >= 4 is 23.4 Å². The van der Waals surface area contributed by atoms with E-state index in [1.165, 1.54) is 22.7 Å². The van der Waals surface area contributed by atoms with Crippen molar-refractivity contribution in [2.75, 3.05) is 17.8 Å². The Morgan fingerprint density at radius 1 is 1.35 bits per heavy atom. The Kier molecular flexibility index (Phi) is 5.47. The molecule has 3 N–H and O–H groups in total. The second-order valence-electron chi connectivity index (χ2n) is 5.33. The Labute approximate surface area is 154 Å². The smallest absolute Gasteiger partial charge is 0.237 e. The number of nitrogens with one attached hydrogen (secondary N) is 1. The average Bonchev–Trinajstić information content (AvgIpc) is 3.27. The third-order valence-corrected chi connectivity index (χ3v) is 4.56. The number of benzene rings is 1. The number of hydrogen-bond acceptors (Lipinski definition) is 7. The fourth-order valence-corrected chi connectivity index (χ4v) is 3.00. The van der Waals surface area contributed by atoms with Crippen LogP contribution in [0.2, 0.25) is 0 Å². The molecule has 8 nitrogen and oxygen atoms in total. The van der Waals surface area contributed by atoms with Crippen LogP contribution in [-0.4, -0.2) is 32.6 Å². The fraction of sp³-hybridized carbons (Fsp3) is 0.235. The summed E-state index contributed by atoms with van der Waals surface area (Å²) in [4.78, 5) is 12.5. The van der Waals surface area contributed by atoms with E-state index in [9.17, 15) is 4.79 Å². The van der Waals surface area contributed by atoms with Crippen molar-refractivity contribution in [2.24, 2.45) is 0 Å². The van der Waals surface area contributed by atoms with Crippen LogP contribution in [0.3, 0.4) is 0 Å². The number of ether oxygens (including phenoxy) is 1. The minimum absolute atomic E-state index is 0.190. The number of nitrogen functional groups attached to an aromatic ring is 1. The predicted octanol–water partition coefficient (Wildman–Crippen LogP) is 2.77. The molecular weight excluding hydrogens is 354 g/mol. The zero-order valence-electron chi connectivity index (χ0n) is 14.4. The maximum absolute atomic E-state index is 12.5. The van der Waals surface area contributed by atoms with Crippen LogP contribution >= 0.6 is 11.8 Å². The predicted molar refractivity (Wildman–Crippen MR) is 99.4 cm³/mol. The van der Waals surface area contributed by atoms with Crippen LogP contribution in [-0.2, 0) is 4.79 Å². The summed E-state index contributed by atoms with van der Waals surface area (Å²) in [6, 6.07) is 10.8. The van der Waals surface area contributed by atoms with E-state index >= 15 is 0 Å². The minimum atomic E-state index is -0.444. The van der Waals surface area contributed by atoms with E-state index in [-0.39, 0.29) is 5.91 Å². The van der Waals surface area contributed by atoms with E-state index in [4.69, 9.17) is 15.0 Å². The lowest BCUT2D eigenvalue weighted by Crippen LogP contribution is -2.24. The number of thioether (sulfide) groups is 1. The number of carbonyl (C=O) groups excluding carboxylic acids is 1. The second kappa shape index (κ2) is 7.96. The standard InChI is InChI=1S/C17H19N5O3S/c1-3-24-13-8-5-4-7-12(13)19-16(23)11(2)26-17-21-20-15(22(17)18)14-9-6-10-25-14/h4-11H,3,18H2,1-2H3,(H,19,23)/t11-/m0/s1. The van der Waals surface area contributed by atoms with Gasteiger partial charge in [0, 0.05) is 0 Å². The first-order valence-electron chi connectivity index (χ1n) is 8.04. The molecule has 0 saturated heterocycles. The van der Waals surface area contributed by atoms with Gasteiger partial charge in [-0.2, -0.15) is 0 Å². The van der Waals surface area contributed by atoms with Crippen LogP contribution in [0.4, 0.5) is 5.69 Å². The zero-order valence-corrected chi connectivity index (χ0v) is 15.2. The third kappa shape index (κ3) is 3.83. The van der Waals surface area contributed by atoms with E-state index in [1.54, 1.807) is 25.1 Å². The molecule has 0 bridgehead atoms. The van der Waals surface area contributed by atoms with Gasteiger partial charge in [-0.3, -0.25) is 4.79 Å². The molecule has 1 atom stereocenters. The van der Waals surface area contributed by atoms with Crippen LogP contribution in [0.1, 0.15) is 13.8 Å². The van der Waals surface area contributed by atoms with Gasteiger partial charge in [0.2, 0.25) is 16.9 Å². The summed E-state index contributed by atoms with van der Waals surface area (Å²) >= 11 is 1.20. The summed E-state index contributed by atoms with van der Waals surface area (Å²) < 4.78 is 12.1. The first-order valence-corrected chi connectivity index (χ1v) is 8.91. The van der Waals surface area contributed by atoms with Gasteiger partial charge in [0.1, 0.15) is 5.75 Å². The molecule has 26 heavy (non-hydrogen) atoms. The normalized spacial score (nSPS) is 11.9. The lowest BCUT2D eigenvalue weighted by atomic mass is 10.3. The molecule has 9 heteroatoms. The number of hydrogen-bond donors (Lipinski definition) is 2. The molecule has 0 fully saturated rings. The van der Waals surface area contributed by atoms with Crippen molar-refractivity contribution in [2.45, 2.75) is 24.3 Å². The van der Waals surface area contributed by atoms with Crippen molar-refractivity contribution in [3.05, 3.63) is 42.7 Å².